The number of aliphatic hydroxyl groups is 1. The average molecular weight is 429 g/mol. The van der Waals surface area contributed by atoms with E-state index in [1.165, 1.54) is 5.56 Å². The van der Waals surface area contributed by atoms with E-state index in [4.69, 9.17) is 4.74 Å². The van der Waals surface area contributed by atoms with Crippen LogP contribution in [0.2, 0.25) is 0 Å². The predicted molar refractivity (Wildman–Crippen MR) is 124 cm³/mol. The highest BCUT2D eigenvalue weighted by atomic mass is 16.5. The number of nitrogens with zero attached hydrogens (tertiary/aromatic N) is 1. The molecule has 5 nitrogen and oxygen atoms in total. The zero-order valence-electron chi connectivity index (χ0n) is 18.0. The number of nitrogens with one attached hydrogen (secondary N) is 1. The topological polar surface area (TPSA) is 61.8 Å². The number of carbonyl (C=O) groups excluding carboxylic acids is 1. The second-order valence-corrected chi connectivity index (χ2v) is 8.59. The lowest BCUT2D eigenvalue weighted by Crippen LogP contribution is -2.36. The van der Waals surface area contributed by atoms with Crippen LogP contribution in [0.5, 0.6) is 0 Å². The van der Waals surface area contributed by atoms with Crippen molar-refractivity contribution in [3.8, 4) is 11.1 Å². The molecule has 1 aliphatic heterocycles. The van der Waals surface area contributed by atoms with Gasteiger partial charge in [0.25, 0.3) is 5.91 Å². The van der Waals surface area contributed by atoms with Crippen LogP contribution in [0.4, 0.5) is 0 Å². The van der Waals surface area contributed by atoms with Crippen molar-refractivity contribution in [3.05, 3.63) is 95.1 Å². The largest absolute Gasteiger partial charge is 0.390 e. The highest BCUT2D eigenvalue weighted by Crippen LogP contribution is 2.33. The van der Waals surface area contributed by atoms with Crippen LogP contribution >= 0.6 is 0 Å². The Morgan fingerprint density at radius 1 is 0.969 bits per heavy atom. The second-order valence-electron chi connectivity index (χ2n) is 8.59. The van der Waals surface area contributed by atoms with Crippen LogP contribution < -0.4 is 5.32 Å². The second kappa shape index (κ2) is 9.25. The molecule has 1 amide bonds. The predicted octanol–water partition coefficient (Wildman–Crippen LogP) is 3.57. The minimum Gasteiger partial charge on any atom is -0.390 e. The van der Waals surface area contributed by atoms with E-state index in [0.29, 0.717) is 12.0 Å². The lowest BCUT2D eigenvalue weighted by Gasteiger charge is -2.27. The number of hydrogen-bond acceptors (Lipinski definition) is 4. The van der Waals surface area contributed by atoms with Crippen LogP contribution in [0, 0.1) is 0 Å². The number of aliphatic hydroxyl groups excluding tert-OH is 1. The Balaban J connectivity index is 1.30. The van der Waals surface area contributed by atoms with Crippen molar-refractivity contribution in [1.29, 1.82) is 0 Å². The lowest BCUT2D eigenvalue weighted by atomic mass is 10.0. The summed E-state index contributed by atoms with van der Waals surface area (Å²) in [5, 5.41) is 13.7. The van der Waals surface area contributed by atoms with E-state index in [-0.39, 0.29) is 5.91 Å². The monoisotopic (exact) mass is 428 g/mol. The van der Waals surface area contributed by atoms with Crippen LogP contribution in [-0.4, -0.2) is 48.3 Å². The van der Waals surface area contributed by atoms with Gasteiger partial charge in [-0.15, -0.1) is 0 Å². The van der Waals surface area contributed by atoms with Gasteiger partial charge in [0.15, 0.2) is 0 Å². The molecule has 0 unspecified atom stereocenters. The summed E-state index contributed by atoms with van der Waals surface area (Å²) < 4.78 is 5.44. The quantitative estimate of drug-likeness (QED) is 0.652. The molecule has 1 fully saturated rings. The molecule has 1 saturated heterocycles. The minimum atomic E-state index is -0.615. The molecule has 2 N–H and O–H groups in total. The van der Waals surface area contributed by atoms with E-state index in [1.54, 1.807) is 0 Å². The maximum absolute atomic E-state index is 13.0. The summed E-state index contributed by atoms with van der Waals surface area (Å²) in [5.41, 5.74) is 6.11. The Bertz CT molecular complexity index is 1080. The standard InChI is InChI=1S/C27H28N2O3/c30-25-17-23-7-6-19(18-29-12-14-32-15-13-29)16-24(23)26(25)28-27(31)22-10-8-21(9-11-22)20-4-2-1-3-5-20/h1-11,16,25-26,30H,12-15,17-18H2,(H,28,31)/t25-,26-/m1/s1. The van der Waals surface area contributed by atoms with Crippen molar-refractivity contribution in [2.45, 2.75) is 25.1 Å². The van der Waals surface area contributed by atoms with Crippen LogP contribution in [0.15, 0.2) is 72.8 Å². The molecule has 0 bridgehead atoms. The Morgan fingerprint density at radius 2 is 1.69 bits per heavy atom. The maximum atomic E-state index is 13.0. The number of ether oxygens (including phenoxy) is 1. The molecule has 0 radical (unpaired) electrons. The number of rotatable bonds is 5. The van der Waals surface area contributed by atoms with Gasteiger partial charge in [-0.2, -0.15) is 0 Å². The summed E-state index contributed by atoms with van der Waals surface area (Å²) in [6.07, 6.45) is -0.0541. The zero-order chi connectivity index (χ0) is 21.9. The molecular weight excluding hydrogens is 400 g/mol. The molecule has 5 rings (SSSR count). The van der Waals surface area contributed by atoms with Gasteiger partial charge < -0.3 is 15.2 Å². The van der Waals surface area contributed by atoms with Gasteiger partial charge in [-0.1, -0.05) is 60.7 Å². The molecule has 0 saturated carbocycles. The van der Waals surface area contributed by atoms with E-state index in [0.717, 1.165) is 55.1 Å². The van der Waals surface area contributed by atoms with Gasteiger partial charge in [0.2, 0.25) is 0 Å². The zero-order valence-corrected chi connectivity index (χ0v) is 18.0. The Hall–Kier alpha value is -2.99. The van der Waals surface area contributed by atoms with E-state index >= 15 is 0 Å². The third-order valence-electron chi connectivity index (χ3n) is 6.41. The van der Waals surface area contributed by atoms with Gasteiger partial charge in [0, 0.05) is 31.6 Å². The number of fused-ring (bicyclic) bond motifs is 1. The minimum absolute atomic E-state index is 0.167. The first kappa shape index (κ1) is 20.9. The highest BCUT2D eigenvalue weighted by Gasteiger charge is 2.32. The fraction of sp³-hybridized carbons (Fsp3) is 0.296. The summed E-state index contributed by atoms with van der Waals surface area (Å²) in [7, 11) is 0. The summed E-state index contributed by atoms with van der Waals surface area (Å²) in [6, 6.07) is 23.7. The average Bonchev–Trinajstić information content (AvgIpc) is 3.15. The van der Waals surface area contributed by atoms with Gasteiger partial charge in [-0.05, 0) is 39.9 Å². The molecular formula is C27H28N2O3. The summed E-state index contributed by atoms with van der Waals surface area (Å²) in [5.74, 6) is -0.167. The fourth-order valence-electron chi connectivity index (χ4n) is 4.63. The van der Waals surface area contributed by atoms with Crippen molar-refractivity contribution in [2.24, 2.45) is 0 Å². The van der Waals surface area contributed by atoms with Gasteiger partial charge in [-0.25, -0.2) is 0 Å². The summed E-state index contributed by atoms with van der Waals surface area (Å²) in [6.45, 7) is 4.25. The number of amides is 1. The van der Waals surface area contributed by atoms with E-state index in [9.17, 15) is 9.90 Å². The Morgan fingerprint density at radius 3 is 2.44 bits per heavy atom. The number of hydrogen-bond donors (Lipinski definition) is 2. The van der Waals surface area contributed by atoms with Crippen molar-refractivity contribution < 1.29 is 14.6 Å². The molecule has 5 heteroatoms. The molecule has 2 aliphatic rings. The number of benzene rings is 3. The van der Waals surface area contributed by atoms with Gasteiger partial charge in [-0.3, -0.25) is 9.69 Å². The SMILES string of the molecule is O=C(N[C@@H]1c2cc(CN3CCOCC3)ccc2C[C@H]1O)c1ccc(-c2ccccc2)cc1. The summed E-state index contributed by atoms with van der Waals surface area (Å²) in [4.78, 5) is 15.3. The summed E-state index contributed by atoms with van der Waals surface area (Å²) >= 11 is 0. The van der Waals surface area contributed by atoms with Crippen LogP contribution in [0.25, 0.3) is 11.1 Å². The lowest BCUT2D eigenvalue weighted by molar-refractivity contribution is 0.0342. The highest BCUT2D eigenvalue weighted by molar-refractivity contribution is 5.95. The first-order chi connectivity index (χ1) is 15.7. The van der Waals surface area contributed by atoms with E-state index < -0.39 is 12.1 Å². The van der Waals surface area contributed by atoms with Gasteiger partial charge >= 0.3 is 0 Å². The van der Waals surface area contributed by atoms with Gasteiger partial charge in [0.1, 0.15) is 0 Å². The number of morpholine rings is 1. The molecule has 3 aromatic carbocycles. The molecule has 0 aromatic heterocycles. The van der Waals surface area contributed by atoms with E-state index in [1.807, 2.05) is 42.5 Å². The molecule has 0 spiro atoms. The van der Waals surface area contributed by atoms with Gasteiger partial charge in [0.05, 0.1) is 25.4 Å². The number of carbonyl (C=O) groups is 1. The van der Waals surface area contributed by atoms with Crippen LogP contribution in [0.1, 0.15) is 33.1 Å². The molecule has 2 atom stereocenters. The molecule has 3 aromatic rings. The van der Waals surface area contributed by atoms with Crippen molar-refractivity contribution in [1.82, 2.24) is 10.2 Å². The van der Waals surface area contributed by atoms with Crippen LogP contribution in [0.3, 0.4) is 0 Å². The maximum Gasteiger partial charge on any atom is 0.251 e. The molecule has 1 aliphatic carbocycles. The normalized spacial score (nSPS) is 20.7. The first-order valence-corrected chi connectivity index (χ1v) is 11.2. The smallest absolute Gasteiger partial charge is 0.251 e. The van der Waals surface area contributed by atoms with Crippen LogP contribution in [-0.2, 0) is 17.7 Å². The van der Waals surface area contributed by atoms with Crippen molar-refractivity contribution in [3.63, 3.8) is 0 Å². The molecule has 32 heavy (non-hydrogen) atoms. The first-order valence-electron chi connectivity index (χ1n) is 11.2. The van der Waals surface area contributed by atoms with Crippen molar-refractivity contribution >= 4 is 5.91 Å². The fourth-order valence-corrected chi connectivity index (χ4v) is 4.63. The van der Waals surface area contributed by atoms with Crippen molar-refractivity contribution in [2.75, 3.05) is 26.3 Å². The molecule has 164 valence electrons. The third kappa shape index (κ3) is 4.46. The third-order valence-corrected chi connectivity index (χ3v) is 6.41. The Labute approximate surface area is 188 Å². The van der Waals surface area contributed by atoms with E-state index in [2.05, 4.69) is 40.5 Å². The Kier molecular flexibility index (Phi) is 6.04. The molecule has 1 heterocycles.